The number of carbonyl (C=O) groups excluding carboxylic acids is 2. The average Bonchev–Trinajstić information content (AvgIpc) is 3.19. The van der Waals surface area contributed by atoms with E-state index >= 15 is 0 Å². The lowest BCUT2D eigenvalue weighted by atomic mass is 9.91. The number of guanidine groups is 1. The van der Waals surface area contributed by atoms with E-state index in [9.17, 15) is 9.59 Å². The Morgan fingerprint density at radius 3 is 2.35 bits per heavy atom. The summed E-state index contributed by atoms with van der Waals surface area (Å²) < 4.78 is 10.7. The van der Waals surface area contributed by atoms with Crippen molar-refractivity contribution < 1.29 is 18.7 Å². The van der Waals surface area contributed by atoms with Crippen molar-refractivity contribution in [1.29, 1.82) is 0 Å². The molecule has 9 heteroatoms. The molecule has 0 radical (unpaired) electrons. The molecule has 1 aliphatic carbocycles. The molecule has 0 aliphatic heterocycles. The van der Waals surface area contributed by atoms with E-state index in [1.165, 1.54) is 4.90 Å². The van der Waals surface area contributed by atoms with Crippen molar-refractivity contribution >= 4 is 18.0 Å². The number of nitrogens with zero attached hydrogens (tertiary/aromatic N) is 2. The summed E-state index contributed by atoms with van der Waals surface area (Å²) in [7, 11) is 3.43. The fourth-order valence-electron chi connectivity index (χ4n) is 3.25. The Hall–Kier alpha value is -2.71. The topological polar surface area (TPSA) is 108 Å². The minimum Gasteiger partial charge on any atom is -0.469 e. The molecule has 2 rings (SSSR count). The van der Waals surface area contributed by atoms with E-state index in [1.807, 2.05) is 32.9 Å². The van der Waals surface area contributed by atoms with Crippen molar-refractivity contribution in [3.63, 3.8) is 0 Å². The van der Waals surface area contributed by atoms with Crippen LogP contribution < -0.4 is 16.0 Å². The number of carbonyl (C=O) groups is 2. The molecule has 1 fully saturated rings. The molecule has 1 aliphatic rings. The van der Waals surface area contributed by atoms with E-state index in [2.05, 4.69) is 20.9 Å². The second-order valence-corrected chi connectivity index (χ2v) is 9.05. The molecule has 31 heavy (non-hydrogen) atoms. The molecule has 9 nitrogen and oxygen atoms in total. The largest absolute Gasteiger partial charge is 0.469 e. The van der Waals surface area contributed by atoms with E-state index in [1.54, 1.807) is 20.4 Å². The van der Waals surface area contributed by atoms with Crippen LogP contribution in [0.3, 0.4) is 0 Å². The number of hydrogen-bond acceptors (Lipinski definition) is 5. The van der Waals surface area contributed by atoms with Crippen LogP contribution in [0.25, 0.3) is 0 Å². The van der Waals surface area contributed by atoms with E-state index in [0.717, 1.165) is 37.9 Å². The minimum absolute atomic E-state index is 0.0580. The molecule has 0 atom stereocenters. The van der Waals surface area contributed by atoms with Crippen molar-refractivity contribution in [2.24, 2.45) is 4.99 Å². The van der Waals surface area contributed by atoms with Crippen molar-refractivity contribution in [1.82, 2.24) is 20.9 Å². The van der Waals surface area contributed by atoms with Crippen molar-refractivity contribution in [3.05, 3.63) is 24.2 Å². The summed E-state index contributed by atoms with van der Waals surface area (Å²) in [5.74, 6) is 1.45. The summed E-state index contributed by atoms with van der Waals surface area (Å²) >= 11 is 0. The van der Waals surface area contributed by atoms with Crippen LogP contribution in [0.4, 0.5) is 4.79 Å². The van der Waals surface area contributed by atoms with Gasteiger partial charge in [0.15, 0.2) is 5.96 Å². The highest BCUT2D eigenvalue weighted by Gasteiger charge is 2.25. The van der Waals surface area contributed by atoms with Gasteiger partial charge in [0.1, 0.15) is 17.9 Å². The molecule has 0 spiro atoms. The summed E-state index contributed by atoms with van der Waals surface area (Å²) in [6.45, 7) is 6.29. The molecular formula is C22H37N5O4. The Labute approximate surface area is 185 Å². The van der Waals surface area contributed by atoms with E-state index in [4.69, 9.17) is 9.15 Å². The first-order valence-corrected chi connectivity index (χ1v) is 10.9. The summed E-state index contributed by atoms with van der Waals surface area (Å²) in [4.78, 5) is 29.9. The Kier molecular flexibility index (Phi) is 9.21. The maximum Gasteiger partial charge on any atom is 0.407 e. The van der Waals surface area contributed by atoms with Gasteiger partial charge in [-0.3, -0.25) is 4.79 Å². The Balaban J connectivity index is 1.83. The lowest BCUT2D eigenvalue weighted by Gasteiger charge is -2.31. The van der Waals surface area contributed by atoms with Gasteiger partial charge in [0.2, 0.25) is 5.91 Å². The third kappa shape index (κ3) is 9.76. The molecule has 0 bridgehead atoms. The van der Waals surface area contributed by atoms with Crippen LogP contribution in [0.2, 0.25) is 0 Å². The average molecular weight is 436 g/mol. The Morgan fingerprint density at radius 1 is 1.16 bits per heavy atom. The maximum atomic E-state index is 12.0. The Morgan fingerprint density at radius 2 is 1.81 bits per heavy atom. The van der Waals surface area contributed by atoms with Gasteiger partial charge < -0.3 is 30.0 Å². The summed E-state index contributed by atoms with van der Waals surface area (Å²) in [5.41, 5.74) is -0.500. The fraction of sp³-hybridized carbons (Fsp3) is 0.682. The molecule has 1 aromatic rings. The molecule has 0 saturated heterocycles. The van der Waals surface area contributed by atoms with E-state index < -0.39 is 5.60 Å². The monoisotopic (exact) mass is 435 g/mol. The van der Waals surface area contributed by atoms with Crippen LogP contribution in [0, 0.1) is 0 Å². The first kappa shape index (κ1) is 24.6. The zero-order valence-corrected chi connectivity index (χ0v) is 19.4. The second-order valence-electron chi connectivity index (χ2n) is 9.05. The predicted octanol–water partition coefficient (Wildman–Crippen LogP) is 2.28. The van der Waals surface area contributed by atoms with Gasteiger partial charge in [-0.25, -0.2) is 9.79 Å². The van der Waals surface area contributed by atoms with Crippen LogP contribution in [0.15, 0.2) is 27.8 Å². The molecular weight excluding hydrogens is 398 g/mol. The van der Waals surface area contributed by atoms with Gasteiger partial charge in [0, 0.05) is 39.1 Å². The number of ether oxygens (including phenoxy) is 1. The van der Waals surface area contributed by atoms with Crippen LogP contribution >= 0.6 is 0 Å². The Bertz CT molecular complexity index is 717. The highest BCUT2D eigenvalue weighted by molar-refractivity contribution is 5.84. The number of likely N-dealkylation sites (N-methyl/N-ethyl adjacent to an activating group) is 1. The number of amides is 2. The SMILES string of the molecule is CN(C)C(=O)CN=C(NCCc1ccco1)NC1CCC(NC(=O)OC(C)(C)C)CC1. The first-order valence-electron chi connectivity index (χ1n) is 10.9. The third-order valence-corrected chi connectivity index (χ3v) is 4.90. The van der Waals surface area contributed by atoms with Crippen LogP contribution in [-0.4, -0.2) is 67.7 Å². The lowest BCUT2D eigenvalue weighted by Crippen LogP contribution is -2.48. The molecule has 1 aromatic heterocycles. The van der Waals surface area contributed by atoms with Crippen molar-refractivity contribution in [2.75, 3.05) is 27.2 Å². The molecule has 174 valence electrons. The van der Waals surface area contributed by atoms with Crippen LogP contribution in [0.1, 0.15) is 52.2 Å². The summed E-state index contributed by atoms with van der Waals surface area (Å²) in [5, 5.41) is 9.68. The molecule has 1 saturated carbocycles. The quantitative estimate of drug-likeness (QED) is 0.448. The number of alkyl carbamates (subject to hydrolysis) is 1. The second kappa shape index (κ2) is 11.6. The summed E-state index contributed by atoms with van der Waals surface area (Å²) in [6, 6.07) is 4.12. The number of hydrogen-bond donors (Lipinski definition) is 3. The van der Waals surface area contributed by atoms with Gasteiger partial charge in [-0.1, -0.05) is 0 Å². The zero-order valence-electron chi connectivity index (χ0n) is 19.4. The normalized spacial score (nSPS) is 19.5. The highest BCUT2D eigenvalue weighted by Crippen LogP contribution is 2.19. The third-order valence-electron chi connectivity index (χ3n) is 4.90. The molecule has 0 unspecified atom stereocenters. The molecule has 3 N–H and O–H groups in total. The van der Waals surface area contributed by atoms with Crippen LogP contribution in [0.5, 0.6) is 0 Å². The lowest BCUT2D eigenvalue weighted by molar-refractivity contribution is -0.127. The maximum absolute atomic E-state index is 12.0. The van der Waals surface area contributed by atoms with Gasteiger partial charge >= 0.3 is 6.09 Å². The molecule has 0 aromatic carbocycles. The smallest absolute Gasteiger partial charge is 0.407 e. The van der Waals surface area contributed by atoms with E-state index in [-0.39, 0.29) is 30.6 Å². The van der Waals surface area contributed by atoms with Gasteiger partial charge in [-0.2, -0.15) is 0 Å². The predicted molar refractivity (Wildman–Crippen MR) is 120 cm³/mol. The van der Waals surface area contributed by atoms with E-state index in [0.29, 0.717) is 12.5 Å². The molecule has 2 amide bonds. The zero-order chi connectivity index (χ0) is 22.9. The number of nitrogens with one attached hydrogen (secondary N) is 3. The number of furan rings is 1. The standard InChI is InChI=1S/C22H37N5O4/c1-22(2,3)31-21(29)26-17-10-8-16(9-11-17)25-20(24-15-19(28)27(4)5)23-13-12-18-7-6-14-30-18/h6-7,14,16-17H,8-13,15H2,1-5H3,(H,26,29)(H2,23,24,25). The fourth-order valence-corrected chi connectivity index (χ4v) is 3.25. The summed E-state index contributed by atoms with van der Waals surface area (Å²) in [6.07, 6.45) is 5.50. The highest BCUT2D eigenvalue weighted by atomic mass is 16.6. The van der Waals surface area contributed by atoms with Gasteiger partial charge in [-0.15, -0.1) is 0 Å². The van der Waals surface area contributed by atoms with Crippen molar-refractivity contribution in [3.8, 4) is 0 Å². The van der Waals surface area contributed by atoms with Gasteiger partial charge in [-0.05, 0) is 58.6 Å². The van der Waals surface area contributed by atoms with Crippen LogP contribution in [-0.2, 0) is 16.0 Å². The number of aliphatic imine (C=N–C) groups is 1. The number of rotatable bonds is 7. The first-order chi connectivity index (χ1) is 14.6. The van der Waals surface area contributed by atoms with Crippen molar-refractivity contribution in [2.45, 2.75) is 70.6 Å². The molecule has 1 heterocycles. The minimum atomic E-state index is -0.500. The van der Waals surface area contributed by atoms with Gasteiger partial charge in [0.05, 0.1) is 6.26 Å². The van der Waals surface area contributed by atoms with Gasteiger partial charge in [0.25, 0.3) is 0 Å².